The molecule has 0 unspecified atom stereocenters. The van der Waals surface area contributed by atoms with Gasteiger partial charge in [-0.25, -0.2) is 0 Å². The van der Waals surface area contributed by atoms with Crippen molar-refractivity contribution in [2.75, 3.05) is 35.0 Å². The first-order valence-corrected chi connectivity index (χ1v) is 15.9. The Hall–Kier alpha value is -3.29. The predicted molar refractivity (Wildman–Crippen MR) is 166 cm³/mol. The highest BCUT2D eigenvalue weighted by molar-refractivity contribution is 8.25. The maximum absolute atomic E-state index is 13.7. The van der Waals surface area contributed by atoms with Gasteiger partial charge in [-0.1, -0.05) is 48.5 Å². The highest BCUT2D eigenvalue weighted by atomic mass is 32.3. The third-order valence-corrected chi connectivity index (χ3v) is 9.35. The van der Waals surface area contributed by atoms with E-state index in [1.165, 1.54) is 6.07 Å². The van der Waals surface area contributed by atoms with Gasteiger partial charge in [-0.3, -0.25) is 18.2 Å². The molecule has 234 valence electrons. The van der Waals surface area contributed by atoms with Crippen molar-refractivity contribution in [3.05, 3.63) is 94.5 Å². The Balaban J connectivity index is 1.53. The molecule has 0 aromatic heterocycles. The van der Waals surface area contributed by atoms with E-state index >= 15 is 0 Å². The van der Waals surface area contributed by atoms with E-state index in [0.717, 1.165) is 23.3 Å². The Morgan fingerprint density at radius 1 is 1.05 bits per heavy atom. The standard InChI is InChI=1S/C31H39F3N4O4S/c1-3-36-26-17-24(18-28(21(26)2)38-13-8-14-43(38,41)42)30(40)37-27(16-22-9-5-4-6-10-22)29(39)20-35-19-23-11-7-12-25(15-23)31(32,33)34/h4-7,9-12,15,17-18,27,29,35-36,39,41-42H,3,8,13-14,16,19-20H2,1-2H3,(H,37,40)/t27-,29-/m0/s1. The second-order valence-electron chi connectivity index (χ2n) is 10.7. The van der Waals surface area contributed by atoms with Gasteiger partial charge in [0.1, 0.15) is 0 Å². The van der Waals surface area contributed by atoms with Gasteiger partial charge in [0.2, 0.25) is 0 Å². The molecule has 8 nitrogen and oxygen atoms in total. The Kier molecular flexibility index (Phi) is 10.6. The van der Waals surface area contributed by atoms with Crippen molar-refractivity contribution in [3.63, 3.8) is 0 Å². The number of nitrogens with zero attached hydrogens (tertiary/aromatic N) is 1. The minimum absolute atomic E-state index is 0.0183. The number of carbonyl (C=O) groups is 1. The fraction of sp³-hybridized carbons (Fsp3) is 0.387. The third-order valence-electron chi connectivity index (χ3n) is 7.43. The normalized spacial score (nSPS) is 16.9. The van der Waals surface area contributed by atoms with Gasteiger partial charge in [-0.2, -0.15) is 13.2 Å². The van der Waals surface area contributed by atoms with Gasteiger partial charge in [-0.05, 0) is 61.6 Å². The van der Waals surface area contributed by atoms with Crippen LogP contribution in [0.2, 0.25) is 0 Å². The molecule has 0 saturated carbocycles. The first kappa shape index (κ1) is 32.6. The van der Waals surface area contributed by atoms with Crippen molar-refractivity contribution >= 4 is 28.1 Å². The fourth-order valence-corrected chi connectivity index (χ4v) is 6.83. The van der Waals surface area contributed by atoms with Crippen molar-refractivity contribution in [1.82, 2.24) is 10.6 Å². The van der Waals surface area contributed by atoms with Gasteiger partial charge in [0, 0.05) is 37.4 Å². The van der Waals surface area contributed by atoms with Gasteiger partial charge in [0.05, 0.1) is 29.1 Å². The van der Waals surface area contributed by atoms with Crippen LogP contribution in [0.15, 0.2) is 66.7 Å². The van der Waals surface area contributed by atoms with E-state index in [2.05, 4.69) is 16.0 Å². The smallest absolute Gasteiger partial charge is 0.390 e. The first-order valence-electron chi connectivity index (χ1n) is 14.2. The molecule has 6 N–H and O–H groups in total. The number of hydrogen-bond donors (Lipinski definition) is 6. The van der Waals surface area contributed by atoms with E-state index < -0.39 is 40.6 Å². The van der Waals surface area contributed by atoms with E-state index in [1.54, 1.807) is 22.5 Å². The molecule has 3 aromatic rings. The summed E-state index contributed by atoms with van der Waals surface area (Å²) >= 11 is 0. The zero-order valence-corrected chi connectivity index (χ0v) is 25.0. The topological polar surface area (TPSA) is 117 Å². The largest absolute Gasteiger partial charge is 0.416 e. The number of amides is 1. The van der Waals surface area contributed by atoms with Crippen LogP contribution in [0.1, 0.15) is 46.0 Å². The van der Waals surface area contributed by atoms with Crippen LogP contribution < -0.4 is 20.3 Å². The summed E-state index contributed by atoms with van der Waals surface area (Å²) in [5.41, 5.74) is 2.89. The summed E-state index contributed by atoms with van der Waals surface area (Å²) in [5, 5.41) is 20.4. The van der Waals surface area contributed by atoms with Crippen LogP contribution in [0.25, 0.3) is 0 Å². The van der Waals surface area contributed by atoms with Crippen LogP contribution in [-0.4, -0.2) is 57.7 Å². The molecule has 3 aromatic carbocycles. The molecular formula is C31H39F3N4O4S. The SMILES string of the molecule is CCNc1cc(C(=O)N[C@@H](Cc2ccccc2)[C@@H](O)CNCc2cccc(C(F)(F)F)c2)cc(N2CCCS2(O)O)c1C. The lowest BCUT2D eigenvalue weighted by molar-refractivity contribution is -0.137. The highest BCUT2D eigenvalue weighted by Gasteiger charge is 2.32. The monoisotopic (exact) mass is 620 g/mol. The van der Waals surface area contributed by atoms with E-state index in [4.69, 9.17) is 0 Å². The van der Waals surface area contributed by atoms with Crippen molar-refractivity contribution in [1.29, 1.82) is 0 Å². The Labute approximate surface area is 251 Å². The van der Waals surface area contributed by atoms with Crippen molar-refractivity contribution in [3.8, 4) is 0 Å². The van der Waals surface area contributed by atoms with Crippen LogP contribution >= 0.6 is 10.8 Å². The van der Waals surface area contributed by atoms with Gasteiger partial charge in [0.25, 0.3) is 5.91 Å². The summed E-state index contributed by atoms with van der Waals surface area (Å²) < 4.78 is 62.1. The molecule has 1 saturated heterocycles. The Bertz CT molecular complexity index is 1390. The zero-order chi connectivity index (χ0) is 31.2. The van der Waals surface area contributed by atoms with Gasteiger partial charge < -0.3 is 21.1 Å². The van der Waals surface area contributed by atoms with E-state index in [1.807, 2.05) is 44.2 Å². The van der Waals surface area contributed by atoms with E-state index in [9.17, 15) is 32.2 Å². The Morgan fingerprint density at radius 3 is 2.42 bits per heavy atom. The van der Waals surface area contributed by atoms with Gasteiger partial charge in [-0.15, -0.1) is 10.8 Å². The van der Waals surface area contributed by atoms with Gasteiger partial charge >= 0.3 is 6.18 Å². The molecule has 0 bridgehead atoms. The molecule has 12 heteroatoms. The quantitative estimate of drug-likeness (QED) is 0.151. The molecule has 4 rings (SSSR count). The lowest BCUT2D eigenvalue weighted by atomic mass is 9.99. The molecule has 1 aliphatic heterocycles. The van der Waals surface area contributed by atoms with E-state index in [0.29, 0.717) is 48.4 Å². The summed E-state index contributed by atoms with van der Waals surface area (Å²) in [7, 11) is -2.99. The minimum atomic E-state index is -4.45. The van der Waals surface area contributed by atoms with Crippen molar-refractivity contribution in [2.45, 2.75) is 51.6 Å². The minimum Gasteiger partial charge on any atom is -0.390 e. The lowest BCUT2D eigenvalue weighted by Gasteiger charge is -2.39. The highest BCUT2D eigenvalue weighted by Crippen LogP contribution is 2.52. The van der Waals surface area contributed by atoms with Crippen LogP contribution in [0.5, 0.6) is 0 Å². The zero-order valence-electron chi connectivity index (χ0n) is 24.2. The number of benzene rings is 3. The van der Waals surface area contributed by atoms with Crippen LogP contribution in [0.4, 0.5) is 24.5 Å². The number of aliphatic hydroxyl groups is 1. The number of anilines is 2. The molecule has 0 spiro atoms. The fourth-order valence-electron chi connectivity index (χ4n) is 5.17. The molecule has 1 aliphatic rings. The average Bonchev–Trinajstić information content (AvgIpc) is 3.32. The molecule has 1 amide bonds. The maximum atomic E-state index is 13.7. The third kappa shape index (κ3) is 8.42. The number of rotatable bonds is 12. The van der Waals surface area contributed by atoms with Crippen molar-refractivity contribution < 1.29 is 32.2 Å². The lowest BCUT2D eigenvalue weighted by Crippen LogP contribution is -2.48. The molecular weight excluding hydrogens is 581 g/mol. The average molecular weight is 621 g/mol. The number of halogens is 3. The number of alkyl halides is 3. The summed E-state index contributed by atoms with van der Waals surface area (Å²) in [6.45, 7) is 4.95. The van der Waals surface area contributed by atoms with Crippen LogP contribution in [0.3, 0.4) is 0 Å². The second kappa shape index (κ2) is 14.0. The van der Waals surface area contributed by atoms with Gasteiger partial charge in [0.15, 0.2) is 0 Å². The number of nitrogens with one attached hydrogen (secondary N) is 3. The second-order valence-corrected chi connectivity index (χ2v) is 12.8. The Morgan fingerprint density at radius 2 is 1.77 bits per heavy atom. The molecule has 1 heterocycles. The van der Waals surface area contributed by atoms with Crippen molar-refractivity contribution in [2.24, 2.45) is 0 Å². The van der Waals surface area contributed by atoms with Crippen LogP contribution in [0, 0.1) is 6.92 Å². The summed E-state index contributed by atoms with van der Waals surface area (Å²) in [5.74, 6) is -0.188. The maximum Gasteiger partial charge on any atom is 0.416 e. The number of hydrogen-bond acceptors (Lipinski definition) is 7. The molecule has 2 atom stereocenters. The first-order chi connectivity index (χ1) is 20.4. The summed E-state index contributed by atoms with van der Waals surface area (Å²) in [6.07, 6.45) is -4.59. The van der Waals surface area contributed by atoms with E-state index in [-0.39, 0.29) is 18.8 Å². The molecule has 1 fully saturated rings. The molecule has 0 aliphatic carbocycles. The predicted octanol–water partition coefficient (Wildman–Crippen LogP) is 5.81. The summed E-state index contributed by atoms with van der Waals surface area (Å²) in [6, 6.07) is 16.9. The number of carbonyl (C=O) groups excluding carboxylic acids is 1. The summed E-state index contributed by atoms with van der Waals surface area (Å²) in [4.78, 5) is 13.7. The molecule has 0 radical (unpaired) electrons. The molecule has 43 heavy (non-hydrogen) atoms. The number of aliphatic hydroxyl groups excluding tert-OH is 1. The van der Waals surface area contributed by atoms with Crippen LogP contribution in [-0.2, 0) is 19.1 Å².